The minimum atomic E-state index is -4.42. The van der Waals surface area contributed by atoms with E-state index in [1.165, 1.54) is 55.5 Å². The number of nitrogens with one attached hydrogen (secondary N) is 1. The molecule has 0 aliphatic heterocycles. The Balaban J connectivity index is 1.52. The molecule has 4 aromatic rings. The van der Waals surface area contributed by atoms with Crippen LogP contribution in [0.25, 0.3) is 0 Å². The van der Waals surface area contributed by atoms with Gasteiger partial charge in [-0.1, -0.05) is 29.8 Å². The Morgan fingerprint density at radius 2 is 1.70 bits per heavy atom. The number of ether oxygens (including phenoxy) is 1. The fourth-order valence-corrected chi connectivity index (χ4v) is 6.06. The Labute approximate surface area is 251 Å². The Morgan fingerprint density at radius 1 is 1.02 bits per heavy atom. The van der Waals surface area contributed by atoms with Gasteiger partial charge in [-0.25, -0.2) is 17.2 Å². The maximum absolute atomic E-state index is 15.0. The Bertz CT molecular complexity index is 1720. The molecule has 13 heteroatoms. The molecular formula is C30H26ClF2N3O6S. The number of benzene rings is 4. The molecule has 0 heterocycles. The topological polar surface area (TPSA) is 119 Å². The van der Waals surface area contributed by atoms with Gasteiger partial charge in [0.15, 0.2) is 0 Å². The molecule has 4 rings (SSSR count). The van der Waals surface area contributed by atoms with Gasteiger partial charge in [-0.05, 0) is 67.9 Å². The zero-order chi connectivity index (χ0) is 31.1. The predicted octanol–water partition coefficient (Wildman–Crippen LogP) is 6.68. The first-order valence-electron chi connectivity index (χ1n) is 13.0. The van der Waals surface area contributed by atoms with E-state index in [0.29, 0.717) is 22.8 Å². The van der Waals surface area contributed by atoms with E-state index in [1.807, 2.05) is 0 Å². The number of carbonyl (C=O) groups excluding carboxylic acids is 1. The van der Waals surface area contributed by atoms with Gasteiger partial charge in [0.05, 0.1) is 28.2 Å². The molecule has 0 saturated heterocycles. The number of rotatable bonds is 12. The van der Waals surface area contributed by atoms with Crippen molar-refractivity contribution < 1.29 is 31.7 Å². The number of non-ortho nitro benzene ring substituents is 1. The number of nitro groups is 1. The smallest absolute Gasteiger partial charge is 0.269 e. The number of halogens is 3. The number of sulfonamides is 1. The van der Waals surface area contributed by atoms with Gasteiger partial charge in [0.25, 0.3) is 21.6 Å². The number of para-hydroxylation sites is 1. The molecule has 0 spiro atoms. The summed E-state index contributed by atoms with van der Waals surface area (Å²) in [5, 5.41) is 13.8. The van der Waals surface area contributed by atoms with E-state index in [4.69, 9.17) is 16.3 Å². The molecule has 43 heavy (non-hydrogen) atoms. The van der Waals surface area contributed by atoms with Crippen LogP contribution in [0.15, 0.2) is 95.9 Å². The van der Waals surface area contributed by atoms with Gasteiger partial charge in [0.1, 0.15) is 17.4 Å². The molecule has 1 N–H and O–H groups in total. The summed E-state index contributed by atoms with van der Waals surface area (Å²) in [6, 6.07) is 18.6. The standard InChI is InChI=1S/C30H26ClF2N3O6S/c1-20(35(28-19-23(32)11-16-27(28)33)43(40,41)25-14-9-22(31)10-15-25)26-5-2-3-6-29(26)42-18-4-17-34-30(37)21-7-12-24(13-8-21)36(38)39/h2-3,5-16,19-20H,4,17-18H2,1H3,(H,34,37). The summed E-state index contributed by atoms with van der Waals surface area (Å²) in [5.41, 5.74) is 0.0413. The second-order valence-electron chi connectivity index (χ2n) is 9.33. The lowest BCUT2D eigenvalue weighted by Gasteiger charge is -2.32. The van der Waals surface area contributed by atoms with Crippen LogP contribution in [0, 0.1) is 21.7 Å². The third-order valence-electron chi connectivity index (χ3n) is 6.44. The molecule has 0 bridgehead atoms. The molecular weight excluding hydrogens is 604 g/mol. The first-order valence-corrected chi connectivity index (χ1v) is 14.8. The molecule has 0 saturated carbocycles. The maximum Gasteiger partial charge on any atom is 0.269 e. The van der Waals surface area contributed by atoms with Crippen molar-refractivity contribution in [3.05, 3.63) is 129 Å². The average Bonchev–Trinajstić information content (AvgIpc) is 2.99. The zero-order valence-corrected chi connectivity index (χ0v) is 24.3. The van der Waals surface area contributed by atoms with E-state index in [-0.39, 0.29) is 29.3 Å². The van der Waals surface area contributed by atoms with E-state index in [9.17, 15) is 27.7 Å². The van der Waals surface area contributed by atoms with Crippen LogP contribution in [0.4, 0.5) is 20.2 Å². The molecule has 0 fully saturated rings. The Hall–Kier alpha value is -4.55. The van der Waals surface area contributed by atoms with Crippen LogP contribution >= 0.6 is 11.6 Å². The first kappa shape index (κ1) is 31.4. The van der Waals surface area contributed by atoms with Crippen molar-refractivity contribution in [3.63, 3.8) is 0 Å². The number of carbonyl (C=O) groups is 1. The van der Waals surface area contributed by atoms with Gasteiger partial charge in [-0.3, -0.25) is 19.2 Å². The van der Waals surface area contributed by atoms with Crippen molar-refractivity contribution in [1.29, 1.82) is 0 Å². The van der Waals surface area contributed by atoms with Crippen LogP contribution in [0.2, 0.25) is 5.02 Å². The molecule has 0 aliphatic rings. The molecule has 4 aromatic carbocycles. The number of anilines is 1. The van der Waals surface area contributed by atoms with Gasteiger partial charge < -0.3 is 10.1 Å². The lowest BCUT2D eigenvalue weighted by Crippen LogP contribution is -2.34. The average molecular weight is 630 g/mol. The van der Waals surface area contributed by atoms with Crippen LogP contribution in [0.5, 0.6) is 5.75 Å². The van der Waals surface area contributed by atoms with Gasteiger partial charge in [-0.15, -0.1) is 0 Å². The third-order valence-corrected chi connectivity index (χ3v) is 8.59. The van der Waals surface area contributed by atoms with Crippen molar-refractivity contribution in [2.45, 2.75) is 24.3 Å². The molecule has 0 radical (unpaired) electrons. The van der Waals surface area contributed by atoms with Crippen molar-refractivity contribution in [2.24, 2.45) is 0 Å². The Kier molecular flexibility index (Phi) is 9.94. The number of nitro benzene ring substituents is 1. The number of hydrogen-bond donors (Lipinski definition) is 1. The van der Waals surface area contributed by atoms with Gasteiger partial charge in [-0.2, -0.15) is 0 Å². The minimum absolute atomic E-state index is 0.127. The highest BCUT2D eigenvalue weighted by Gasteiger charge is 2.34. The van der Waals surface area contributed by atoms with Crippen LogP contribution < -0.4 is 14.4 Å². The van der Waals surface area contributed by atoms with Gasteiger partial charge in [0, 0.05) is 40.9 Å². The van der Waals surface area contributed by atoms with Crippen molar-refractivity contribution in [1.82, 2.24) is 5.32 Å². The lowest BCUT2D eigenvalue weighted by molar-refractivity contribution is -0.384. The molecule has 1 unspecified atom stereocenters. The summed E-state index contributed by atoms with van der Waals surface area (Å²) in [6.45, 7) is 1.88. The highest BCUT2D eigenvalue weighted by molar-refractivity contribution is 7.92. The molecule has 1 amide bonds. The van der Waals surface area contributed by atoms with Crippen LogP contribution in [-0.4, -0.2) is 32.4 Å². The van der Waals surface area contributed by atoms with E-state index in [0.717, 1.165) is 22.5 Å². The van der Waals surface area contributed by atoms with Gasteiger partial charge in [0.2, 0.25) is 0 Å². The largest absolute Gasteiger partial charge is 0.493 e. The second kappa shape index (κ2) is 13.6. The maximum atomic E-state index is 15.0. The molecule has 0 aromatic heterocycles. The molecule has 9 nitrogen and oxygen atoms in total. The van der Waals surface area contributed by atoms with E-state index in [2.05, 4.69) is 5.32 Å². The number of amides is 1. The van der Waals surface area contributed by atoms with Crippen LogP contribution in [0.3, 0.4) is 0 Å². The molecule has 1 atom stereocenters. The summed E-state index contributed by atoms with van der Waals surface area (Å²) in [6.07, 6.45) is 0.368. The number of nitrogens with zero attached hydrogens (tertiary/aromatic N) is 2. The normalized spacial score (nSPS) is 11.9. The summed E-state index contributed by atoms with van der Waals surface area (Å²) in [4.78, 5) is 22.4. The number of hydrogen-bond acceptors (Lipinski definition) is 6. The van der Waals surface area contributed by atoms with E-state index >= 15 is 4.39 Å². The lowest BCUT2D eigenvalue weighted by atomic mass is 10.1. The molecule has 0 aliphatic carbocycles. The van der Waals surface area contributed by atoms with Crippen molar-refractivity contribution in [2.75, 3.05) is 17.5 Å². The third kappa shape index (κ3) is 7.46. The monoisotopic (exact) mass is 629 g/mol. The SMILES string of the molecule is CC(c1ccccc1OCCCNC(=O)c1ccc([N+](=O)[O-])cc1)N(c1cc(F)ccc1F)S(=O)(=O)c1ccc(Cl)cc1. The quantitative estimate of drug-likeness (QED) is 0.106. The second-order valence-corrected chi connectivity index (χ2v) is 11.6. The Morgan fingerprint density at radius 3 is 2.37 bits per heavy atom. The van der Waals surface area contributed by atoms with Crippen LogP contribution in [0.1, 0.15) is 35.3 Å². The van der Waals surface area contributed by atoms with Crippen molar-refractivity contribution in [3.8, 4) is 5.75 Å². The summed E-state index contributed by atoms with van der Waals surface area (Å²) < 4.78 is 63.7. The van der Waals surface area contributed by atoms with Gasteiger partial charge >= 0.3 is 0 Å². The highest BCUT2D eigenvalue weighted by atomic mass is 35.5. The first-order chi connectivity index (χ1) is 20.5. The fraction of sp³-hybridized carbons (Fsp3) is 0.167. The summed E-state index contributed by atoms with van der Waals surface area (Å²) in [7, 11) is -4.42. The van der Waals surface area contributed by atoms with Crippen LogP contribution in [-0.2, 0) is 10.0 Å². The highest BCUT2D eigenvalue weighted by Crippen LogP contribution is 2.38. The van der Waals surface area contributed by atoms with E-state index < -0.39 is 44.2 Å². The fourth-order valence-electron chi connectivity index (χ4n) is 4.30. The summed E-state index contributed by atoms with van der Waals surface area (Å²) >= 11 is 5.94. The zero-order valence-electron chi connectivity index (χ0n) is 22.7. The predicted molar refractivity (Wildman–Crippen MR) is 158 cm³/mol. The minimum Gasteiger partial charge on any atom is -0.493 e. The van der Waals surface area contributed by atoms with Crippen molar-refractivity contribution >= 4 is 38.9 Å². The van der Waals surface area contributed by atoms with E-state index in [1.54, 1.807) is 24.3 Å². The molecule has 224 valence electrons. The summed E-state index contributed by atoms with van der Waals surface area (Å²) in [5.74, 6) is -1.86.